The van der Waals surface area contributed by atoms with Crippen molar-refractivity contribution in [3.63, 3.8) is 0 Å². The number of hydrogen-bond acceptors (Lipinski definition) is 3. The van der Waals surface area contributed by atoms with Crippen LogP contribution in [0.25, 0.3) is 0 Å². The zero-order chi connectivity index (χ0) is 18.1. The fraction of sp³-hybridized carbons (Fsp3) is 0.250. The molecule has 0 saturated carbocycles. The first-order valence-corrected chi connectivity index (χ1v) is 8.66. The number of hydrogen-bond donors (Lipinski definition) is 1. The van der Waals surface area contributed by atoms with Gasteiger partial charge in [0.25, 0.3) is 0 Å². The zero-order valence-electron chi connectivity index (χ0n) is 14.2. The number of amides is 4. The van der Waals surface area contributed by atoms with Crippen molar-refractivity contribution in [1.82, 2.24) is 10.2 Å². The molecule has 26 heavy (non-hydrogen) atoms. The Bertz CT molecular complexity index is 866. The van der Waals surface area contributed by atoms with Crippen molar-refractivity contribution in [2.24, 2.45) is 0 Å². The van der Waals surface area contributed by atoms with Crippen molar-refractivity contribution in [3.8, 4) is 0 Å². The molecule has 0 aromatic heterocycles. The van der Waals surface area contributed by atoms with Crippen LogP contribution >= 0.6 is 0 Å². The Kier molecular flexibility index (Phi) is 4.16. The number of fused-ring (bicyclic) bond motifs is 1. The number of para-hydroxylation sites is 1. The third-order valence-corrected chi connectivity index (χ3v) is 4.94. The summed E-state index contributed by atoms with van der Waals surface area (Å²) in [4.78, 5) is 39.2. The molecule has 0 aliphatic carbocycles. The number of anilines is 1. The van der Waals surface area contributed by atoms with Crippen LogP contribution in [0.1, 0.15) is 23.5 Å². The molecule has 1 unspecified atom stereocenters. The lowest BCUT2D eigenvalue weighted by molar-refractivity contribution is -0.124. The predicted molar refractivity (Wildman–Crippen MR) is 96.8 cm³/mol. The van der Waals surface area contributed by atoms with Gasteiger partial charge < -0.3 is 9.80 Å². The van der Waals surface area contributed by atoms with Gasteiger partial charge in [0.05, 0.1) is 0 Å². The first-order chi connectivity index (χ1) is 12.6. The summed E-state index contributed by atoms with van der Waals surface area (Å²) in [5.74, 6) is -0.317. The molecule has 6 nitrogen and oxygen atoms in total. The van der Waals surface area contributed by atoms with Gasteiger partial charge in [0.2, 0.25) is 11.8 Å². The molecule has 4 rings (SSSR count). The van der Waals surface area contributed by atoms with Crippen molar-refractivity contribution >= 4 is 23.5 Å². The second kappa shape index (κ2) is 6.63. The summed E-state index contributed by atoms with van der Waals surface area (Å²) >= 11 is 0. The van der Waals surface area contributed by atoms with Crippen molar-refractivity contribution in [1.29, 1.82) is 0 Å². The fourth-order valence-electron chi connectivity index (χ4n) is 3.61. The highest BCUT2D eigenvalue weighted by Gasteiger charge is 2.34. The SMILES string of the molecule is O=C1CCN(CC(=O)N2CC(c3ccccc3)c3ccccc32)C(=O)N1. The first-order valence-electron chi connectivity index (χ1n) is 8.66. The Morgan fingerprint density at radius 2 is 1.77 bits per heavy atom. The van der Waals surface area contributed by atoms with Gasteiger partial charge >= 0.3 is 6.03 Å². The number of imide groups is 1. The molecule has 0 spiro atoms. The van der Waals surface area contributed by atoms with E-state index in [2.05, 4.69) is 17.4 Å². The Hall–Kier alpha value is -3.15. The molecule has 4 amide bonds. The summed E-state index contributed by atoms with van der Waals surface area (Å²) < 4.78 is 0. The Labute approximate surface area is 151 Å². The van der Waals surface area contributed by atoms with Crippen molar-refractivity contribution < 1.29 is 14.4 Å². The highest BCUT2D eigenvalue weighted by molar-refractivity contribution is 6.02. The minimum atomic E-state index is -0.498. The van der Waals surface area contributed by atoms with E-state index in [1.165, 1.54) is 4.90 Å². The number of carbonyl (C=O) groups is 3. The molecule has 132 valence electrons. The van der Waals surface area contributed by atoms with Crippen LogP contribution in [0.5, 0.6) is 0 Å². The average molecular weight is 349 g/mol. The Balaban J connectivity index is 1.56. The summed E-state index contributed by atoms with van der Waals surface area (Å²) in [6.45, 7) is 0.791. The van der Waals surface area contributed by atoms with Crippen molar-refractivity contribution in [2.45, 2.75) is 12.3 Å². The molecule has 2 heterocycles. The fourth-order valence-corrected chi connectivity index (χ4v) is 3.61. The molecule has 2 aromatic carbocycles. The highest BCUT2D eigenvalue weighted by atomic mass is 16.2. The van der Waals surface area contributed by atoms with E-state index in [-0.39, 0.29) is 37.2 Å². The number of benzene rings is 2. The number of nitrogens with one attached hydrogen (secondary N) is 1. The second-order valence-electron chi connectivity index (χ2n) is 6.55. The molecule has 1 fully saturated rings. The van der Waals surface area contributed by atoms with Crippen molar-refractivity contribution in [3.05, 3.63) is 65.7 Å². The molecule has 1 atom stereocenters. The van der Waals surface area contributed by atoms with E-state index in [0.29, 0.717) is 6.54 Å². The van der Waals surface area contributed by atoms with Crippen LogP contribution in [0.4, 0.5) is 10.5 Å². The largest absolute Gasteiger partial charge is 0.324 e. The van der Waals surface area contributed by atoms with Gasteiger partial charge in [-0.3, -0.25) is 14.9 Å². The maximum absolute atomic E-state index is 12.9. The van der Waals surface area contributed by atoms with Crippen LogP contribution in [0.3, 0.4) is 0 Å². The van der Waals surface area contributed by atoms with E-state index in [0.717, 1.165) is 16.8 Å². The zero-order valence-corrected chi connectivity index (χ0v) is 14.2. The van der Waals surface area contributed by atoms with Gasteiger partial charge in [0.1, 0.15) is 6.54 Å². The maximum atomic E-state index is 12.9. The Morgan fingerprint density at radius 1 is 1.04 bits per heavy atom. The number of nitrogens with zero attached hydrogens (tertiary/aromatic N) is 2. The number of rotatable bonds is 3. The van der Waals surface area contributed by atoms with Crippen LogP contribution in [0.2, 0.25) is 0 Å². The van der Waals surface area contributed by atoms with Crippen LogP contribution in [0, 0.1) is 0 Å². The van der Waals surface area contributed by atoms with Gasteiger partial charge in [-0.15, -0.1) is 0 Å². The highest BCUT2D eigenvalue weighted by Crippen LogP contribution is 2.39. The molecule has 2 aliphatic rings. The van der Waals surface area contributed by atoms with Gasteiger partial charge in [-0.25, -0.2) is 4.79 Å². The second-order valence-corrected chi connectivity index (χ2v) is 6.55. The van der Waals surface area contributed by atoms with Gasteiger partial charge in [-0.1, -0.05) is 48.5 Å². The quantitative estimate of drug-likeness (QED) is 0.923. The third kappa shape index (κ3) is 2.94. The van der Waals surface area contributed by atoms with Crippen LogP contribution in [0.15, 0.2) is 54.6 Å². The summed E-state index contributed by atoms with van der Waals surface area (Å²) in [5.41, 5.74) is 3.17. The molecule has 0 bridgehead atoms. The lowest BCUT2D eigenvalue weighted by Gasteiger charge is -2.28. The molecule has 0 radical (unpaired) electrons. The molecule has 6 heteroatoms. The van der Waals surface area contributed by atoms with Crippen LogP contribution < -0.4 is 10.2 Å². The monoisotopic (exact) mass is 349 g/mol. The van der Waals surface area contributed by atoms with E-state index >= 15 is 0 Å². The summed E-state index contributed by atoms with van der Waals surface area (Å²) in [7, 11) is 0. The normalized spacial score (nSPS) is 19.3. The molecule has 1 saturated heterocycles. The summed E-state index contributed by atoms with van der Waals surface area (Å²) in [6, 6.07) is 17.5. The lowest BCUT2D eigenvalue weighted by atomic mass is 9.93. The van der Waals surface area contributed by atoms with E-state index in [1.807, 2.05) is 42.5 Å². The van der Waals surface area contributed by atoms with E-state index < -0.39 is 6.03 Å². The molecular formula is C20H19N3O3. The third-order valence-electron chi connectivity index (χ3n) is 4.94. The lowest BCUT2D eigenvalue weighted by Crippen LogP contribution is -2.52. The summed E-state index contributed by atoms with van der Waals surface area (Å²) in [5, 5.41) is 2.26. The van der Waals surface area contributed by atoms with E-state index in [9.17, 15) is 14.4 Å². The molecule has 1 N–H and O–H groups in total. The molecule has 2 aromatic rings. The smallest absolute Gasteiger partial charge is 0.315 e. The van der Waals surface area contributed by atoms with Crippen LogP contribution in [-0.4, -0.2) is 42.4 Å². The van der Waals surface area contributed by atoms with Gasteiger partial charge in [0.15, 0.2) is 0 Å². The molecular weight excluding hydrogens is 330 g/mol. The van der Waals surface area contributed by atoms with Gasteiger partial charge in [-0.05, 0) is 17.2 Å². The van der Waals surface area contributed by atoms with E-state index in [1.54, 1.807) is 4.90 Å². The van der Waals surface area contributed by atoms with Gasteiger partial charge in [-0.2, -0.15) is 0 Å². The van der Waals surface area contributed by atoms with Crippen LogP contribution in [-0.2, 0) is 9.59 Å². The first kappa shape index (κ1) is 16.3. The van der Waals surface area contributed by atoms with Gasteiger partial charge in [0, 0.05) is 31.1 Å². The Morgan fingerprint density at radius 3 is 2.54 bits per heavy atom. The minimum Gasteiger partial charge on any atom is -0.315 e. The average Bonchev–Trinajstić information content (AvgIpc) is 3.04. The standard InChI is InChI=1S/C20H19N3O3/c24-18-10-11-22(20(26)21-18)13-19(25)23-12-16(14-6-2-1-3-7-14)15-8-4-5-9-17(15)23/h1-9,16H,10-13H2,(H,21,24,26). The predicted octanol–water partition coefficient (Wildman–Crippen LogP) is 2.11. The topological polar surface area (TPSA) is 69.7 Å². The minimum absolute atomic E-state index is 0.0328. The van der Waals surface area contributed by atoms with Crippen molar-refractivity contribution in [2.75, 3.05) is 24.5 Å². The molecule has 2 aliphatic heterocycles. The summed E-state index contributed by atoms with van der Waals surface area (Å²) in [6.07, 6.45) is 0.224. The van der Waals surface area contributed by atoms with E-state index in [4.69, 9.17) is 0 Å². The number of urea groups is 1. The number of carbonyl (C=O) groups excluding carboxylic acids is 3. The maximum Gasteiger partial charge on any atom is 0.324 e.